The molecule has 1 aromatic heterocycles. The molecule has 0 aliphatic rings. The Bertz CT molecular complexity index is 577. The van der Waals surface area contributed by atoms with Crippen molar-refractivity contribution in [2.24, 2.45) is 5.73 Å². The quantitative estimate of drug-likeness (QED) is 0.945. The van der Waals surface area contributed by atoms with Crippen molar-refractivity contribution >= 4 is 24.8 Å². The van der Waals surface area contributed by atoms with E-state index in [9.17, 15) is 4.39 Å². The lowest BCUT2D eigenvalue weighted by molar-refractivity contribution is 0.618. The van der Waals surface area contributed by atoms with E-state index in [0.29, 0.717) is 13.1 Å². The molecule has 0 amide bonds. The normalized spacial score (nSPS) is 9.11. The molecule has 2 N–H and O–H groups in total. The molecule has 0 aliphatic carbocycles. The number of nitriles is 1. The largest absolute Gasteiger partial charge is 0.329 e. The Labute approximate surface area is 122 Å². The molecule has 0 atom stereocenters. The van der Waals surface area contributed by atoms with Crippen molar-refractivity contribution < 1.29 is 4.39 Å². The number of nitrogens with two attached hydrogens (primary N) is 1. The summed E-state index contributed by atoms with van der Waals surface area (Å²) in [5.41, 5.74) is 7.26. The van der Waals surface area contributed by atoms with Gasteiger partial charge < -0.3 is 10.3 Å². The summed E-state index contributed by atoms with van der Waals surface area (Å²) in [4.78, 5) is 3.98. The monoisotopic (exact) mass is 302 g/mol. The first-order chi connectivity index (χ1) is 8.24. The summed E-state index contributed by atoms with van der Waals surface area (Å²) >= 11 is 0. The molecule has 1 heterocycles. The van der Waals surface area contributed by atoms with Gasteiger partial charge in [0.2, 0.25) is 0 Å². The minimum atomic E-state index is -0.501. The summed E-state index contributed by atoms with van der Waals surface area (Å²) in [7, 11) is 0. The third-order valence-corrected chi connectivity index (χ3v) is 2.51. The Morgan fingerprint density at radius 2 is 2.11 bits per heavy atom. The molecule has 0 aliphatic heterocycles. The first-order valence-corrected chi connectivity index (χ1v) is 5.12. The lowest BCUT2D eigenvalue weighted by Gasteiger charge is -2.07. The highest BCUT2D eigenvalue weighted by Gasteiger charge is 2.05. The molecule has 4 nitrogen and oxygen atoms in total. The average Bonchev–Trinajstić information content (AvgIpc) is 2.76. The van der Waals surface area contributed by atoms with Crippen LogP contribution < -0.4 is 5.73 Å². The van der Waals surface area contributed by atoms with Gasteiger partial charge in [-0.2, -0.15) is 5.26 Å². The van der Waals surface area contributed by atoms with Crippen molar-refractivity contribution in [1.29, 1.82) is 5.26 Å². The highest BCUT2D eigenvalue weighted by Crippen LogP contribution is 2.11. The lowest BCUT2D eigenvalue weighted by atomic mass is 10.1. The molecule has 2 aromatic rings. The van der Waals surface area contributed by atoms with Crippen LogP contribution in [0.4, 0.5) is 4.39 Å². The summed E-state index contributed by atoms with van der Waals surface area (Å²) < 4.78 is 15.2. The number of imidazole rings is 1. The molecule has 19 heavy (non-hydrogen) atoms. The van der Waals surface area contributed by atoms with E-state index in [1.54, 1.807) is 24.7 Å². The zero-order chi connectivity index (χ0) is 12.3. The highest BCUT2D eigenvalue weighted by molar-refractivity contribution is 5.85. The van der Waals surface area contributed by atoms with Crippen LogP contribution in [0.1, 0.15) is 16.8 Å². The van der Waals surface area contributed by atoms with Gasteiger partial charge in [-0.15, -0.1) is 24.8 Å². The Kier molecular flexibility index (Phi) is 7.09. The third kappa shape index (κ3) is 3.93. The number of benzene rings is 1. The average molecular weight is 303 g/mol. The Balaban J connectivity index is 0.00000162. The molecule has 0 radical (unpaired) electrons. The second-order valence-corrected chi connectivity index (χ2v) is 3.64. The zero-order valence-electron chi connectivity index (χ0n) is 9.91. The highest BCUT2D eigenvalue weighted by atomic mass is 35.5. The molecule has 0 fully saturated rings. The van der Waals surface area contributed by atoms with Gasteiger partial charge in [0.1, 0.15) is 11.9 Å². The SMILES string of the molecule is Cl.Cl.N#Cc1ccc(Cn2cncc2CN)cc1F. The van der Waals surface area contributed by atoms with Crippen molar-refractivity contribution in [3.63, 3.8) is 0 Å². The van der Waals surface area contributed by atoms with Crippen molar-refractivity contribution in [3.05, 3.63) is 53.4 Å². The first kappa shape index (κ1) is 17.4. The minimum absolute atomic E-state index is 0. The maximum Gasteiger partial charge on any atom is 0.141 e. The summed E-state index contributed by atoms with van der Waals surface area (Å²) in [6, 6.07) is 6.35. The molecule has 1 aromatic carbocycles. The van der Waals surface area contributed by atoms with Gasteiger partial charge in [-0.3, -0.25) is 0 Å². The van der Waals surface area contributed by atoms with E-state index in [1.807, 2.05) is 4.57 Å². The molecular formula is C12H13Cl2FN4. The number of hydrogen-bond donors (Lipinski definition) is 1. The summed E-state index contributed by atoms with van der Waals surface area (Å²) in [6.45, 7) is 0.883. The Morgan fingerprint density at radius 3 is 2.68 bits per heavy atom. The minimum Gasteiger partial charge on any atom is -0.329 e. The molecule has 0 unspecified atom stereocenters. The fourth-order valence-corrected chi connectivity index (χ4v) is 1.60. The van der Waals surface area contributed by atoms with E-state index >= 15 is 0 Å². The van der Waals surface area contributed by atoms with Gasteiger partial charge in [-0.25, -0.2) is 9.37 Å². The van der Waals surface area contributed by atoms with Crippen LogP contribution in [0.5, 0.6) is 0 Å². The van der Waals surface area contributed by atoms with Crippen LogP contribution in [0.3, 0.4) is 0 Å². The summed E-state index contributed by atoms with van der Waals surface area (Å²) in [5, 5.41) is 8.63. The van der Waals surface area contributed by atoms with Crippen molar-refractivity contribution in [2.45, 2.75) is 13.1 Å². The Hall–Kier alpha value is -1.61. The molecular weight excluding hydrogens is 290 g/mol. The van der Waals surface area contributed by atoms with Gasteiger partial charge in [0.25, 0.3) is 0 Å². The maximum absolute atomic E-state index is 13.4. The van der Waals surface area contributed by atoms with Crippen LogP contribution in [0.2, 0.25) is 0 Å². The van der Waals surface area contributed by atoms with Crippen LogP contribution in [0, 0.1) is 17.1 Å². The predicted molar refractivity (Wildman–Crippen MR) is 74.8 cm³/mol. The number of rotatable bonds is 3. The number of aromatic nitrogens is 2. The maximum atomic E-state index is 13.4. The first-order valence-electron chi connectivity index (χ1n) is 5.12. The molecule has 102 valence electrons. The Morgan fingerprint density at radius 1 is 1.37 bits per heavy atom. The second-order valence-electron chi connectivity index (χ2n) is 3.64. The smallest absolute Gasteiger partial charge is 0.141 e. The molecule has 0 spiro atoms. The fourth-order valence-electron chi connectivity index (χ4n) is 1.60. The molecule has 7 heteroatoms. The van der Waals surface area contributed by atoms with Crippen LogP contribution in [-0.4, -0.2) is 9.55 Å². The predicted octanol–water partition coefficient (Wildman–Crippen LogP) is 2.24. The second kappa shape index (κ2) is 7.74. The van der Waals surface area contributed by atoms with E-state index < -0.39 is 5.82 Å². The van der Waals surface area contributed by atoms with Crippen LogP contribution in [0.15, 0.2) is 30.7 Å². The molecule has 0 saturated carbocycles. The van der Waals surface area contributed by atoms with Gasteiger partial charge >= 0.3 is 0 Å². The number of halogens is 3. The van der Waals surface area contributed by atoms with E-state index in [2.05, 4.69) is 4.98 Å². The van der Waals surface area contributed by atoms with Gasteiger partial charge in [0.15, 0.2) is 0 Å². The van der Waals surface area contributed by atoms with Gasteiger partial charge in [-0.1, -0.05) is 6.07 Å². The number of hydrogen-bond acceptors (Lipinski definition) is 3. The van der Waals surface area contributed by atoms with E-state index in [0.717, 1.165) is 11.3 Å². The van der Waals surface area contributed by atoms with Crippen molar-refractivity contribution in [2.75, 3.05) is 0 Å². The lowest BCUT2D eigenvalue weighted by Crippen LogP contribution is -2.07. The topological polar surface area (TPSA) is 67.6 Å². The van der Waals surface area contributed by atoms with Crippen molar-refractivity contribution in [1.82, 2.24) is 9.55 Å². The van der Waals surface area contributed by atoms with E-state index in [4.69, 9.17) is 11.0 Å². The van der Waals surface area contributed by atoms with Gasteiger partial charge in [0.05, 0.1) is 17.6 Å². The van der Waals surface area contributed by atoms with Crippen LogP contribution in [-0.2, 0) is 13.1 Å². The molecule has 0 bridgehead atoms. The van der Waals surface area contributed by atoms with Crippen LogP contribution >= 0.6 is 24.8 Å². The standard InChI is InChI=1S/C12H11FN4.2ClH/c13-12-3-9(1-2-10(12)4-14)7-17-8-16-6-11(17)5-15;;/h1-3,6,8H,5,7,15H2;2*1H. The van der Waals surface area contributed by atoms with Crippen LogP contribution in [0.25, 0.3) is 0 Å². The number of nitrogens with zero attached hydrogens (tertiary/aromatic N) is 3. The zero-order valence-corrected chi connectivity index (χ0v) is 11.5. The van der Waals surface area contributed by atoms with E-state index in [-0.39, 0.29) is 30.4 Å². The van der Waals surface area contributed by atoms with Crippen molar-refractivity contribution in [3.8, 4) is 6.07 Å². The fraction of sp³-hybridized carbons (Fsp3) is 0.167. The van der Waals surface area contributed by atoms with Gasteiger partial charge in [0, 0.05) is 19.3 Å². The summed E-state index contributed by atoms with van der Waals surface area (Å²) in [6.07, 6.45) is 3.33. The molecule has 2 rings (SSSR count). The molecule has 0 saturated heterocycles. The van der Waals surface area contributed by atoms with E-state index in [1.165, 1.54) is 12.1 Å². The van der Waals surface area contributed by atoms with Gasteiger partial charge in [-0.05, 0) is 17.7 Å². The summed E-state index contributed by atoms with van der Waals surface area (Å²) in [5.74, 6) is -0.501. The third-order valence-electron chi connectivity index (χ3n) is 2.51.